The average Bonchev–Trinajstić information content (AvgIpc) is 3.28. The minimum atomic E-state index is -0.565. The molecule has 0 fully saturated rings. The van der Waals surface area contributed by atoms with Gasteiger partial charge in [-0.3, -0.25) is 14.6 Å². The van der Waals surface area contributed by atoms with Crippen molar-refractivity contribution in [3.63, 3.8) is 0 Å². The smallest absolute Gasteiger partial charge is 0.252 e. The lowest BCUT2D eigenvalue weighted by Gasteiger charge is -2.05. The lowest BCUT2D eigenvalue weighted by Crippen LogP contribution is -2.25. The number of pyridine rings is 1. The van der Waals surface area contributed by atoms with Gasteiger partial charge in [0.1, 0.15) is 5.69 Å². The van der Waals surface area contributed by atoms with E-state index < -0.39 is 11.5 Å². The van der Waals surface area contributed by atoms with Crippen LogP contribution in [0.3, 0.4) is 0 Å². The molecule has 26 heavy (non-hydrogen) atoms. The lowest BCUT2D eigenvalue weighted by atomic mass is 10.2. The van der Waals surface area contributed by atoms with Crippen LogP contribution in [-0.2, 0) is 6.54 Å². The quantitative estimate of drug-likeness (QED) is 0.497. The highest BCUT2D eigenvalue weighted by atomic mass is 32.1. The van der Waals surface area contributed by atoms with Gasteiger partial charge in [0.15, 0.2) is 17.4 Å². The topological polar surface area (TPSA) is 125 Å². The van der Waals surface area contributed by atoms with E-state index in [0.29, 0.717) is 11.5 Å². The Balaban J connectivity index is 1.58. The van der Waals surface area contributed by atoms with Gasteiger partial charge in [0.05, 0.1) is 17.0 Å². The highest BCUT2D eigenvalue weighted by Crippen LogP contribution is 2.22. The van der Waals surface area contributed by atoms with Crippen molar-refractivity contribution >= 4 is 22.9 Å². The Hall–Kier alpha value is -3.53. The fraction of sp³-hybridized carbons (Fsp3) is 0.0625. The van der Waals surface area contributed by atoms with E-state index in [1.54, 1.807) is 21.9 Å². The third-order valence-electron chi connectivity index (χ3n) is 3.60. The van der Waals surface area contributed by atoms with Crippen molar-refractivity contribution in [1.82, 2.24) is 30.1 Å². The lowest BCUT2D eigenvalue weighted by molar-refractivity contribution is 0.0949. The summed E-state index contributed by atoms with van der Waals surface area (Å²) in [4.78, 5) is 26.7. The molecule has 0 saturated heterocycles. The molecule has 0 bridgehead atoms. The van der Waals surface area contributed by atoms with Crippen LogP contribution in [0.25, 0.3) is 16.2 Å². The fourth-order valence-corrected chi connectivity index (χ4v) is 3.11. The van der Waals surface area contributed by atoms with Gasteiger partial charge in [0, 0.05) is 12.1 Å². The Morgan fingerprint density at radius 2 is 2.15 bits per heavy atom. The van der Waals surface area contributed by atoms with Crippen molar-refractivity contribution in [2.24, 2.45) is 0 Å². The Morgan fingerprint density at radius 1 is 1.27 bits per heavy atom. The number of rotatable bonds is 4. The number of H-pyrrole nitrogens is 1. The number of aromatic nitrogens is 5. The summed E-state index contributed by atoms with van der Waals surface area (Å²) < 4.78 is 1.56. The van der Waals surface area contributed by atoms with E-state index in [4.69, 9.17) is 0 Å². The van der Waals surface area contributed by atoms with Gasteiger partial charge in [0.25, 0.3) is 11.5 Å². The average molecular weight is 368 g/mol. The Labute approximate surface area is 150 Å². The van der Waals surface area contributed by atoms with Gasteiger partial charge in [0.2, 0.25) is 0 Å². The number of fused-ring (bicyclic) bond motifs is 1. The zero-order valence-electron chi connectivity index (χ0n) is 13.2. The molecule has 0 radical (unpaired) electrons. The van der Waals surface area contributed by atoms with Crippen molar-refractivity contribution in [1.29, 1.82) is 0 Å². The summed E-state index contributed by atoms with van der Waals surface area (Å²) >= 11 is 1.57. The first-order chi connectivity index (χ1) is 12.6. The molecule has 4 rings (SSSR count). The molecule has 0 aliphatic rings. The van der Waals surface area contributed by atoms with Crippen molar-refractivity contribution in [2.45, 2.75) is 6.54 Å². The highest BCUT2D eigenvalue weighted by Gasteiger charge is 2.12. The van der Waals surface area contributed by atoms with Gasteiger partial charge < -0.3 is 10.4 Å². The molecule has 10 heteroatoms. The monoisotopic (exact) mass is 368 g/mol. The summed E-state index contributed by atoms with van der Waals surface area (Å²) in [6.45, 7) is 0.0639. The molecule has 0 saturated carbocycles. The number of nitrogens with one attached hydrogen (secondary N) is 2. The third kappa shape index (κ3) is 3.05. The first kappa shape index (κ1) is 16.0. The summed E-state index contributed by atoms with van der Waals surface area (Å²) in [5.41, 5.74) is 0.820. The molecule has 4 aromatic rings. The SMILES string of the molecule is O=C(NCc1nnc2ccc(-c3cccs3)nn12)c1cc(O)[nH]c(=O)c1. The predicted molar refractivity (Wildman–Crippen MR) is 94.0 cm³/mol. The first-order valence-electron chi connectivity index (χ1n) is 7.57. The van der Waals surface area contributed by atoms with Crippen LogP contribution in [-0.4, -0.2) is 35.8 Å². The molecule has 0 atom stereocenters. The van der Waals surface area contributed by atoms with Crippen molar-refractivity contribution < 1.29 is 9.90 Å². The second kappa shape index (κ2) is 6.41. The van der Waals surface area contributed by atoms with Gasteiger partial charge in [-0.2, -0.15) is 9.61 Å². The van der Waals surface area contributed by atoms with Crippen molar-refractivity contribution in [3.8, 4) is 16.5 Å². The molecule has 4 aromatic heterocycles. The maximum absolute atomic E-state index is 12.2. The van der Waals surface area contributed by atoms with Crippen molar-refractivity contribution in [2.75, 3.05) is 0 Å². The number of hydrogen-bond acceptors (Lipinski definition) is 7. The molecule has 0 aliphatic heterocycles. The van der Waals surface area contributed by atoms with Gasteiger partial charge in [-0.05, 0) is 23.6 Å². The normalized spacial score (nSPS) is 10.9. The third-order valence-corrected chi connectivity index (χ3v) is 4.49. The number of thiophene rings is 1. The van der Waals surface area contributed by atoms with Gasteiger partial charge in [-0.1, -0.05) is 6.07 Å². The van der Waals surface area contributed by atoms with E-state index in [1.165, 1.54) is 6.07 Å². The standard InChI is InChI=1S/C16H12N6O3S/c23-14-6-9(7-15(24)18-14)16(25)17-8-13-20-19-12-4-3-10(21-22(12)13)11-2-1-5-26-11/h1-7H,8H2,(H,17,25)(H2,18,23,24). The summed E-state index contributed by atoms with van der Waals surface area (Å²) in [6, 6.07) is 9.84. The Morgan fingerprint density at radius 3 is 2.92 bits per heavy atom. The van der Waals surface area contributed by atoms with Crippen LogP contribution in [0.1, 0.15) is 16.2 Å². The van der Waals surface area contributed by atoms with Crippen LogP contribution in [0.4, 0.5) is 0 Å². The van der Waals surface area contributed by atoms with Gasteiger partial charge >= 0.3 is 0 Å². The molecule has 0 aliphatic carbocycles. The minimum Gasteiger partial charge on any atom is -0.494 e. The number of nitrogens with zero attached hydrogens (tertiary/aromatic N) is 4. The van der Waals surface area contributed by atoms with E-state index in [0.717, 1.165) is 16.6 Å². The largest absolute Gasteiger partial charge is 0.494 e. The maximum Gasteiger partial charge on any atom is 0.252 e. The van der Waals surface area contributed by atoms with Crippen LogP contribution in [0.5, 0.6) is 5.88 Å². The molecule has 9 nitrogen and oxygen atoms in total. The molecule has 0 unspecified atom stereocenters. The maximum atomic E-state index is 12.2. The molecule has 0 spiro atoms. The van der Waals surface area contributed by atoms with E-state index in [9.17, 15) is 14.7 Å². The number of hydrogen-bond donors (Lipinski definition) is 3. The van der Waals surface area contributed by atoms with Crippen molar-refractivity contribution in [3.05, 3.63) is 63.5 Å². The second-order valence-corrected chi connectivity index (χ2v) is 6.33. The summed E-state index contributed by atoms with van der Waals surface area (Å²) in [5.74, 6) is -0.448. The van der Waals surface area contributed by atoms with Gasteiger partial charge in [-0.15, -0.1) is 21.5 Å². The van der Waals surface area contributed by atoms with Crippen LogP contribution < -0.4 is 10.9 Å². The summed E-state index contributed by atoms with van der Waals surface area (Å²) in [7, 11) is 0. The highest BCUT2D eigenvalue weighted by molar-refractivity contribution is 7.13. The molecule has 1 amide bonds. The number of aromatic hydroxyl groups is 1. The number of aromatic amines is 1. The number of carbonyl (C=O) groups excluding carboxylic acids is 1. The molecule has 3 N–H and O–H groups in total. The van der Waals surface area contributed by atoms with E-state index >= 15 is 0 Å². The number of carbonyl (C=O) groups is 1. The fourth-order valence-electron chi connectivity index (χ4n) is 2.42. The minimum absolute atomic E-state index is 0.0484. The molecule has 0 aromatic carbocycles. The molecular weight excluding hydrogens is 356 g/mol. The van der Waals surface area contributed by atoms with Gasteiger partial charge in [-0.25, -0.2) is 0 Å². The zero-order chi connectivity index (χ0) is 18.1. The van der Waals surface area contributed by atoms with Crippen LogP contribution >= 0.6 is 11.3 Å². The Bertz CT molecular complexity index is 1150. The molecule has 130 valence electrons. The van der Waals surface area contributed by atoms with E-state index in [2.05, 4.69) is 25.6 Å². The van der Waals surface area contributed by atoms with E-state index in [-0.39, 0.29) is 18.0 Å². The molecular formula is C16H12N6O3S. The van der Waals surface area contributed by atoms with Crippen LogP contribution in [0.15, 0.2) is 46.6 Å². The molecule has 4 heterocycles. The van der Waals surface area contributed by atoms with Crippen LogP contribution in [0.2, 0.25) is 0 Å². The van der Waals surface area contributed by atoms with Crippen LogP contribution in [0, 0.1) is 0 Å². The first-order valence-corrected chi connectivity index (χ1v) is 8.45. The predicted octanol–water partition coefficient (Wildman–Crippen LogP) is 1.18. The zero-order valence-corrected chi connectivity index (χ0v) is 14.0. The van der Waals surface area contributed by atoms with E-state index in [1.807, 2.05) is 23.6 Å². The summed E-state index contributed by atoms with van der Waals surface area (Å²) in [5, 5.41) is 26.6. The second-order valence-electron chi connectivity index (χ2n) is 5.38. The Kier molecular flexibility index (Phi) is 3.93. The summed E-state index contributed by atoms with van der Waals surface area (Å²) in [6.07, 6.45) is 0. The number of amides is 1.